The van der Waals surface area contributed by atoms with Crippen LogP contribution in [0.15, 0.2) is 10.9 Å². The maximum absolute atomic E-state index is 11.5. The van der Waals surface area contributed by atoms with Gasteiger partial charge in [-0.25, -0.2) is 4.98 Å². The van der Waals surface area contributed by atoms with Gasteiger partial charge in [-0.3, -0.25) is 14.7 Å². The predicted octanol–water partition coefficient (Wildman–Crippen LogP) is -0.587. The summed E-state index contributed by atoms with van der Waals surface area (Å²) in [7, 11) is 0. The van der Waals surface area contributed by atoms with Gasteiger partial charge in [0.25, 0.3) is 5.56 Å². The molecule has 6 heteroatoms. The molecular weight excluding hydrogens is 230 g/mol. The quantitative estimate of drug-likeness (QED) is 0.748. The van der Waals surface area contributed by atoms with Gasteiger partial charge in [-0.2, -0.15) is 0 Å². The fraction of sp³-hybridized carbons (Fsp3) is 0.667. The number of H-pyrrole nitrogens is 1. The van der Waals surface area contributed by atoms with E-state index in [1.165, 1.54) is 0 Å². The minimum atomic E-state index is -0.0683. The highest BCUT2D eigenvalue weighted by Crippen LogP contribution is 2.09. The second-order valence-corrected chi connectivity index (χ2v) is 4.53. The van der Waals surface area contributed by atoms with Crippen molar-refractivity contribution in [3.63, 3.8) is 0 Å². The summed E-state index contributed by atoms with van der Waals surface area (Å²) < 4.78 is 0. The number of hydrogen-bond acceptors (Lipinski definition) is 5. The summed E-state index contributed by atoms with van der Waals surface area (Å²) >= 11 is 0. The first-order chi connectivity index (χ1) is 8.72. The van der Waals surface area contributed by atoms with Gasteiger partial charge in [0.05, 0.1) is 0 Å². The zero-order chi connectivity index (χ0) is 13.0. The SMILES string of the molecule is CCc1cc(=O)[nH]c(N2CCN(CCN)CC2)n1. The van der Waals surface area contributed by atoms with Gasteiger partial charge >= 0.3 is 0 Å². The van der Waals surface area contributed by atoms with Crippen molar-refractivity contribution >= 4 is 5.95 Å². The molecule has 0 aromatic carbocycles. The lowest BCUT2D eigenvalue weighted by atomic mass is 10.3. The van der Waals surface area contributed by atoms with Gasteiger partial charge in [0.1, 0.15) is 0 Å². The van der Waals surface area contributed by atoms with Gasteiger partial charge in [0.2, 0.25) is 5.95 Å². The van der Waals surface area contributed by atoms with E-state index >= 15 is 0 Å². The molecule has 0 amide bonds. The number of aromatic nitrogens is 2. The molecule has 0 spiro atoms. The van der Waals surface area contributed by atoms with E-state index in [1.807, 2.05) is 6.92 Å². The van der Waals surface area contributed by atoms with Gasteiger partial charge in [-0.05, 0) is 6.42 Å². The minimum Gasteiger partial charge on any atom is -0.340 e. The lowest BCUT2D eigenvalue weighted by Crippen LogP contribution is -2.48. The number of nitrogens with two attached hydrogens (primary N) is 1. The predicted molar refractivity (Wildman–Crippen MR) is 71.9 cm³/mol. The lowest BCUT2D eigenvalue weighted by Gasteiger charge is -2.34. The minimum absolute atomic E-state index is 0.0683. The van der Waals surface area contributed by atoms with Crippen molar-refractivity contribution in [3.8, 4) is 0 Å². The zero-order valence-corrected chi connectivity index (χ0v) is 10.9. The number of aromatic amines is 1. The van der Waals surface area contributed by atoms with E-state index in [4.69, 9.17) is 5.73 Å². The van der Waals surface area contributed by atoms with Gasteiger partial charge in [0.15, 0.2) is 0 Å². The monoisotopic (exact) mass is 251 g/mol. The van der Waals surface area contributed by atoms with Gasteiger partial charge < -0.3 is 10.6 Å². The first-order valence-corrected chi connectivity index (χ1v) is 6.50. The fourth-order valence-electron chi connectivity index (χ4n) is 2.19. The molecule has 0 aliphatic carbocycles. The van der Waals surface area contributed by atoms with Crippen molar-refractivity contribution in [2.45, 2.75) is 13.3 Å². The number of rotatable bonds is 4. The lowest BCUT2D eigenvalue weighted by molar-refractivity contribution is 0.263. The zero-order valence-electron chi connectivity index (χ0n) is 10.9. The molecule has 1 fully saturated rings. The van der Waals surface area contributed by atoms with Crippen molar-refractivity contribution in [2.24, 2.45) is 5.73 Å². The molecule has 2 rings (SSSR count). The Hall–Kier alpha value is -1.40. The molecule has 0 bridgehead atoms. The molecular formula is C12H21N5O. The molecule has 1 aromatic heterocycles. The Morgan fingerprint density at radius 3 is 2.72 bits per heavy atom. The Labute approximate surface area is 107 Å². The van der Waals surface area contributed by atoms with E-state index in [0.717, 1.165) is 44.8 Å². The van der Waals surface area contributed by atoms with E-state index in [2.05, 4.69) is 19.8 Å². The number of aryl methyl sites for hydroxylation is 1. The fourth-order valence-corrected chi connectivity index (χ4v) is 2.19. The van der Waals surface area contributed by atoms with Crippen molar-refractivity contribution in [1.29, 1.82) is 0 Å². The van der Waals surface area contributed by atoms with E-state index in [0.29, 0.717) is 12.5 Å². The first kappa shape index (κ1) is 13.0. The number of piperazine rings is 1. The molecule has 1 saturated heterocycles. The van der Waals surface area contributed by atoms with Crippen molar-refractivity contribution < 1.29 is 0 Å². The summed E-state index contributed by atoms with van der Waals surface area (Å²) in [6, 6.07) is 1.56. The van der Waals surface area contributed by atoms with Gasteiger partial charge in [-0.15, -0.1) is 0 Å². The van der Waals surface area contributed by atoms with E-state index in [1.54, 1.807) is 6.07 Å². The summed E-state index contributed by atoms with van der Waals surface area (Å²) in [5, 5.41) is 0. The molecule has 1 aliphatic rings. The Morgan fingerprint density at radius 1 is 1.39 bits per heavy atom. The van der Waals surface area contributed by atoms with Crippen LogP contribution in [0.4, 0.5) is 5.95 Å². The van der Waals surface area contributed by atoms with Crippen LogP contribution in [-0.2, 0) is 6.42 Å². The third-order valence-electron chi connectivity index (χ3n) is 3.26. The third-order valence-corrected chi connectivity index (χ3v) is 3.26. The maximum Gasteiger partial charge on any atom is 0.252 e. The van der Waals surface area contributed by atoms with Gasteiger partial charge in [-0.1, -0.05) is 6.92 Å². The summed E-state index contributed by atoms with van der Waals surface area (Å²) in [6.45, 7) is 7.35. The summed E-state index contributed by atoms with van der Waals surface area (Å²) in [6.07, 6.45) is 0.782. The highest BCUT2D eigenvalue weighted by atomic mass is 16.1. The number of nitrogens with zero attached hydrogens (tertiary/aromatic N) is 3. The molecule has 2 heterocycles. The maximum atomic E-state index is 11.5. The van der Waals surface area contributed by atoms with Crippen LogP contribution in [0, 0.1) is 0 Å². The number of nitrogens with one attached hydrogen (secondary N) is 1. The van der Waals surface area contributed by atoms with Crippen LogP contribution in [0.3, 0.4) is 0 Å². The smallest absolute Gasteiger partial charge is 0.252 e. The molecule has 0 radical (unpaired) electrons. The van der Waals surface area contributed by atoms with Crippen LogP contribution < -0.4 is 16.2 Å². The van der Waals surface area contributed by atoms with Crippen LogP contribution in [0.2, 0.25) is 0 Å². The number of anilines is 1. The summed E-state index contributed by atoms with van der Waals surface area (Å²) in [5.41, 5.74) is 6.32. The molecule has 0 atom stereocenters. The second-order valence-electron chi connectivity index (χ2n) is 4.53. The van der Waals surface area contributed by atoms with Crippen LogP contribution >= 0.6 is 0 Å². The van der Waals surface area contributed by atoms with Crippen LogP contribution in [0.5, 0.6) is 0 Å². The molecule has 1 aromatic rings. The Balaban J connectivity index is 2.05. The highest BCUT2D eigenvalue weighted by molar-refractivity contribution is 5.31. The van der Waals surface area contributed by atoms with Crippen LogP contribution in [-0.4, -0.2) is 54.1 Å². The molecule has 18 heavy (non-hydrogen) atoms. The topological polar surface area (TPSA) is 78.2 Å². The molecule has 0 saturated carbocycles. The van der Waals surface area contributed by atoms with Crippen molar-refractivity contribution in [1.82, 2.24) is 14.9 Å². The Kier molecular flexibility index (Phi) is 4.33. The largest absolute Gasteiger partial charge is 0.340 e. The summed E-state index contributed by atoms with van der Waals surface area (Å²) in [4.78, 5) is 23.3. The van der Waals surface area contributed by atoms with Crippen LogP contribution in [0.25, 0.3) is 0 Å². The first-order valence-electron chi connectivity index (χ1n) is 6.50. The van der Waals surface area contributed by atoms with E-state index in [-0.39, 0.29) is 5.56 Å². The normalized spacial score (nSPS) is 17.1. The highest BCUT2D eigenvalue weighted by Gasteiger charge is 2.18. The second kappa shape index (κ2) is 5.97. The Morgan fingerprint density at radius 2 is 2.11 bits per heavy atom. The van der Waals surface area contributed by atoms with Crippen LogP contribution in [0.1, 0.15) is 12.6 Å². The van der Waals surface area contributed by atoms with Gasteiger partial charge in [0, 0.05) is 51.0 Å². The average Bonchev–Trinajstić information content (AvgIpc) is 2.39. The van der Waals surface area contributed by atoms with Crippen molar-refractivity contribution in [2.75, 3.05) is 44.2 Å². The Bertz CT molecular complexity index is 436. The molecule has 100 valence electrons. The molecule has 0 unspecified atom stereocenters. The number of hydrogen-bond donors (Lipinski definition) is 2. The standard InChI is InChI=1S/C12H21N5O/c1-2-10-9-11(18)15-12(14-10)17-7-5-16(4-3-13)6-8-17/h9H,2-8,13H2,1H3,(H,14,15,18). The molecule has 1 aliphatic heterocycles. The average molecular weight is 251 g/mol. The van der Waals surface area contributed by atoms with Crippen molar-refractivity contribution in [3.05, 3.63) is 22.1 Å². The summed E-state index contributed by atoms with van der Waals surface area (Å²) in [5.74, 6) is 0.701. The van der Waals surface area contributed by atoms with E-state index in [9.17, 15) is 4.79 Å². The third kappa shape index (κ3) is 3.08. The molecule has 6 nitrogen and oxygen atoms in total. The molecule has 3 N–H and O–H groups in total. The van der Waals surface area contributed by atoms with E-state index < -0.39 is 0 Å².